The van der Waals surface area contributed by atoms with Gasteiger partial charge in [-0.25, -0.2) is 4.79 Å². The van der Waals surface area contributed by atoms with Crippen LogP contribution in [-0.4, -0.2) is 42.5 Å². The molecule has 1 N–H and O–H groups in total. The fourth-order valence-electron chi connectivity index (χ4n) is 2.30. The topological polar surface area (TPSA) is 91.7 Å². The molecular formula is C17H21N3O5. The fourth-order valence-corrected chi connectivity index (χ4v) is 2.30. The van der Waals surface area contributed by atoms with E-state index >= 15 is 0 Å². The van der Waals surface area contributed by atoms with Gasteiger partial charge in [-0.3, -0.25) is 9.48 Å². The van der Waals surface area contributed by atoms with E-state index in [1.807, 2.05) is 0 Å². The van der Waals surface area contributed by atoms with E-state index in [-0.39, 0.29) is 24.5 Å². The Balaban J connectivity index is 2.13. The van der Waals surface area contributed by atoms with E-state index < -0.39 is 5.97 Å². The third kappa shape index (κ3) is 4.28. The van der Waals surface area contributed by atoms with Gasteiger partial charge in [0, 0.05) is 7.05 Å². The monoisotopic (exact) mass is 347 g/mol. The molecule has 8 nitrogen and oxygen atoms in total. The van der Waals surface area contributed by atoms with Gasteiger partial charge in [-0.2, -0.15) is 5.10 Å². The minimum Gasteiger partial charge on any atom is -0.493 e. The zero-order valence-corrected chi connectivity index (χ0v) is 14.7. The Morgan fingerprint density at radius 2 is 1.92 bits per heavy atom. The average Bonchev–Trinajstić information content (AvgIpc) is 2.95. The summed E-state index contributed by atoms with van der Waals surface area (Å²) in [6.45, 7) is 1.95. The van der Waals surface area contributed by atoms with Crippen LogP contribution in [0.4, 0.5) is 5.82 Å². The molecule has 2 rings (SSSR count). The predicted octanol–water partition coefficient (Wildman–Crippen LogP) is 1.80. The first-order chi connectivity index (χ1) is 12.0. The number of hydrogen-bond donors (Lipinski definition) is 1. The second-order valence-electron chi connectivity index (χ2n) is 5.17. The maximum absolute atomic E-state index is 12.3. The molecule has 0 fully saturated rings. The van der Waals surface area contributed by atoms with Crippen molar-refractivity contribution in [1.82, 2.24) is 9.78 Å². The van der Waals surface area contributed by atoms with Gasteiger partial charge in [0.1, 0.15) is 11.4 Å². The van der Waals surface area contributed by atoms with Crippen molar-refractivity contribution in [3.05, 3.63) is 35.5 Å². The van der Waals surface area contributed by atoms with E-state index in [2.05, 4.69) is 10.4 Å². The Labute approximate surface area is 145 Å². The number of esters is 1. The highest BCUT2D eigenvalue weighted by Crippen LogP contribution is 2.27. The van der Waals surface area contributed by atoms with Gasteiger partial charge in [-0.05, 0) is 24.6 Å². The maximum atomic E-state index is 12.3. The van der Waals surface area contributed by atoms with Crippen molar-refractivity contribution >= 4 is 17.7 Å². The number of carbonyl (C=O) groups is 2. The third-order valence-electron chi connectivity index (χ3n) is 3.50. The number of hydrogen-bond acceptors (Lipinski definition) is 6. The average molecular weight is 347 g/mol. The van der Waals surface area contributed by atoms with E-state index in [1.54, 1.807) is 39.3 Å². The lowest BCUT2D eigenvalue weighted by Crippen LogP contribution is -2.19. The number of aromatic nitrogens is 2. The van der Waals surface area contributed by atoms with E-state index in [0.717, 1.165) is 5.56 Å². The van der Waals surface area contributed by atoms with Crippen molar-refractivity contribution in [1.29, 1.82) is 0 Å². The minimum absolute atomic E-state index is 0.105. The van der Waals surface area contributed by atoms with Crippen LogP contribution in [0.25, 0.3) is 0 Å². The molecule has 1 aromatic heterocycles. The van der Waals surface area contributed by atoms with Gasteiger partial charge in [-0.1, -0.05) is 6.07 Å². The van der Waals surface area contributed by atoms with Crippen molar-refractivity contribution in [2.24, 2.45) is 7.05 Å². The molecule has 0 saturated carbocycles. The first-order valence-electron chi connectivity index (χ1n) is 7.70. The Hall–Kier alpha value is -3.03. The molecule has 8 heteroatoms. The fraction of sp³-hybridized carbons (Fsp3) is 0.353. The smallest absolute Gasteiger partial charge is 0.343 e. The summed E-state index contributed by atoms with van der Waals surface area (Å²) in [5.41, 5.74) is 0.958. The molecule has 0 spiro atoms. The zero-order chi connectivity index (χ0) is 18.4. The third-order valence-corrected chi connectivity index (χ3v) is 3.50. The second kappa shape index (κ2) is 8.18. The van der Waals surface area contributed by atoms with Gasteiger partial charge < -0.3 is 19.5 Å². The summed E-state index contributed by atoms with van der Waals surface area (Å²) in [5, 5.41) is 6.70. The lowest BCUT2D eigenvalue weighted by Gasteiger charge is -2.11. The summed E-state index contributed by atoms with van der Waals surface area (Å²) < 4.78 is 16.8. The number of methoxy groups -OCH3 is 2. The molecule has 0 aliphatic carbocycles. The molecule has 1 amide bonds. The van der Waals surface area contributed by atoms with E-state index in [0.29, 0.717) is 17.3 Å². The molecule has 0 atom stereocenters. The van der Waals surface area contributed by atoms with E-state index in [9.17, 15) is 9.59 Å². The Morgan fingerprint density at radius 3 is 2.56 bits per heavy atom. The summed E-state index contributed by atoms with van der Waals surface area (Å²) in [6.07, 6.45) is 1.47. The van der Waals surface area contributed by atoms with Gasteiger partial charge in [0.15, 0.2) is 11.5 Å². The molecule has 0 bridgehead atoms. The largest absolute Gasteiger partial charge is 0.493 e. The second-order valence-corrected chi connectivity index (χ2v) is 5.17. The molecule has 2 aromatic rings. The van der Waals surface area contributed by atoms with Gasteiger partial charge >= 0.3 is 5.97 Å². The highest BCUT2D eigenvalue weighted by atomic mass is 16.5. The number of nitrogens with one attached hydrogen (secondary N) is 1. The van der Waals surface area contributed by atoms with Crippen LogP contribution in [0.5, 0.6) is 11.5 Å². The summed E-state index contributed by atoms with van der Waals surface area (Å²) in [7, 11) is 4.71. The SMILES string of the molecule is CCOC(=O)c1cnn(C)c1NC(=O)Cc1ccc(OC)c(OC)c1. The van der Waals surface area contributed by atoms with Crippen LogP contribution in [0.2, 0.25) is 0 Å². The first kappa shape index (κ1) is 18.3. The van der Waals surface area contributed by atoms with Crippen LogP contribution in [0, 0.1) is 0 Å². The van der Waals surface area contributed by atoms with Crippen LogP contribution in [0.3, 0.4) is 0 Å². The number of carbonyl (C=O) groups excluding carboxylic acids is 2. The lowest BCUT2D eigenvalue weighted by molar-refractivity contribution is -0.115. The van der Waals surface area contributed by atoms with Gasteiger partial charge in [0.05, 0.1) is 33.4 Å². The van der Waals surface area contributed by atoms with Gasteiger partial charge in [-0.15, -0.1) is 0 Å². The normalized spacial score (nSPS) is 10.2. The molecule has 134 valence electrons. The lowest BCUT2D eigenvalue weighted by atomic mass is 10.1. The van der Waals surface area contributed by atoms with Crippen LogP contribution >= 0.6 is 0 Å². The molecule has 0 unspecified atom stereocenters. The van der Waals surface area contributed by atoms with E-state index in [1.165, 1.54) is 18.0 Å². The molecule has 1 aromatic carbocycles. The van der Waals surface area contributed by atoms with Crippen molar-refractivity contribution < 1.29 is 23.8 Å². The number of ether oxygens (including phenoxy) is 3. The number of nitrogens with zero attached hydrogens (tertiary/aromatic N) is 2. The number of rotatable bonds is 7. The molecule has 1 heterocycles. The highest BCUT2D eigenvalue weighted by molar-refractivity contribution is 6.00. The zero-order valence-electron chi connectivity index (χ0n) is 14.7. The van der Waals surface area contributed by atoms with E-state index in [4.69, 9.17) is 14.2 Å². The molecule has 0 saturated heterocycles. The standard InChI is InChI=1S/C17H21N3O5/c1-5-25-17(22)12-10-18-20(2)16(12)19-15(21)9-11-6-7-13(23-3)14(8-11)24-4/h6-8,10H,5,9H2,1-4H3,(H,19,21). The molecule has 0 aliphatic heterocycles. The molecule has 0 aliphatic rings. The van der Waals surface area contributed by atoms with Crippen molar-refractivity contribution in [2.45, 2.75) is 13.3 Å². The van der Waals surface area contributed by atoms with Crippen molar-refractivity contribution in [3.63, 3.8) is 0 Å². The molecular weight excluding hydrogens is 326 g/mol. The van der Waals surface area contributed by atoms with Crippen LogP contribution < -0.4 is 14.8 Å². The van der Waals surface area contributed by atoms with Gasteiger partial charge in [0.2, 0.25) is 5.91 Å². The summed E-state index contributed by atoms with van der Waals surface area (Å²) in [5.74, 6) is 0.603. The summed E-state index contributed by atoms with van der Waals surface area (Å²) in [6, 6.07) is 5.24. The van der Waals surface area contributed by atoms with Crippen LogP contribution in [0.15, 0.2) is 24.4 Å². The molecule has 25 heavy (non-hydrogen) atoms. The van der Waals surface area contributed by atoms with Gasteiger partial charge in [0.25, 0.3) is 0 Å². The minimum atomic E-state index is -0.531. The number of benzene rings is 1. The quantitative estimate of drug-likeness (QED) is 0.768. The highest BCUT2D eigenvalue weighted by Gasteiger charge is 2.19. The number of anilines is 1. The maximum Gasteiger partial charge on any atom is 0.343 e. The summed E-state index contributed by atoms with van der Waals surface area (Å²) >= 11 is 0. The number of aryl methyl sites for hydroxylation is 1. The molecule has 0 radical (unpaired) electrons. The Kier molecular flexibility index (Phi) is 5.99. The van der Waals surface area contributed by atoms with Crippen LogP contribution in [-0.2, 0) is 23.0 Å². The first-order valence-corrected chi connectivity index (χ1v) is 7.70. The Bertz CT molecular complexity index is 770. The van der Waals surface area contributed by atoms with Crippen molar-refractivity contribution in [2.75, 3.05) is 26.1 Å². The summed E-state index contributed by atoms with van der Waals surface area (Å²) in [4.78, 5) is 24.3. The number of amides is 1. The van der Waals surface area contributed by atoms with Crippen LogP contribution in [0.1, 0.15) is 22.8 Å². The Morgan fingerprint density at radius 1 is 1.20 bits per heavy atom. The predicted molar refractivity (Wildman–Crippen MR) is 91.0 cm³/mol. The van der Waals surface area contributed by atoms with Crippen molar-refractivity contribution in [3.8, 4) is 11.5 Å².